The van der Waals surface area contributed by atoms with E-state index < -0.39 is 10.0 Å². The van der Waals surface area contributed by atoms with Gasteiger partial charge in [0, 0.05) is 47.9 Å². The molecule has 0 unspecified atom stereocenters. The fourth-order valence-electron chi connectivity index (χ4n) is 7.91. The number of benzene rings is 8. The molecule has 0 spiro atoms. The number of para-hydroxylation sites is 1. The van der Waals surface area contributed by atoms with Gasteiger partial charge in [-0.2, -0.15) is 0 Å². The van der Waals surface area contributed by atoms with Crippen LogP contribution >= 0.6 is 21.4 Å². The Hall–Kier alpha value is -6.07. The minimum absolute atomic E-state index is 0.884. The van der Waals surface area contributed by atoms with Crippen LogP contribution in [0.4, 0.5) is 17.1 Å². The minimum Gasteiger partial charge on any atom is -0.456 e. The summed E-state index contributed by atoms with van der Waals surface area (Å²) in [6.45, 7) is 0. The van der Waals surface area contributed by atoms with Crippen LogP contribution in [0.15, 0.2) is 191 Å². The molecule has 10 aromatic rings. The summed E-state index contributed by atoms with van der Waals surface area (Å²) in [5.74, 6) is 0. The maximum atomic E-state index is 6.32. The number of hydrogen-bond acceptors (Lipinski definition) is 3. The van der Waals surface area contributed by atoms with Crippen molar-refractivity contribution in [3.63, 3.8) is 0 Å². The first-order chi connectivity index (χ1) is 26.9. The first-order valence-electron chi connectivity index (χ1n) is 18.6. The molecule has 55 heavy (non-hydrogen) atoms. The van der Waals surface area contributed by atoms with Gasteiger partial charge < -0.3 is 9.32 Å². The highest BCUT2D eigenvalue weighted by molar-refractivity contribution is 8.32. The quantitative estimate of drug-likeness (QED) is 0.162. The Morgan fingerprint density at radius 3 is 1.93 bits per heavy atom. The van der Waals surface area contributed by atoms with E-state index in [1.807, 2.05) is 23.5 Å². The number of hydrogen-bond donors (Lipinski definition) is 0. The van der Waals surface area contributed by atoms with E-state index in [-0.39, 0.29) is 0 Å². The topological polar surface area (TPSA) is 16.4 Å². The van der Waals surface area contributed by atoms with Crippen molar-refractivity contribution in [2.45, 2.75) is 4.90 Å². The van der Waals surface area contributed by atoms with Gasteiger partial charge >= 0.3 is 0 Å². The number of fused-ring (bicyclic) bond motifs is 6. The van der Waals surface area contributed by atoms with Gasteiger partial charge in [-0.1, -0.05) is 115 Å². The highest BCUT2D eigenvalue weighted by Crippen LogP contribution is 2.50. The number of furan rings is 1. The molecule has 0 N–H and O–H groups in total. The van der Waals surface area contributed by atoms with Crippen LogP contribution in [0.3, 0.4) is 0 Å². The molecule has 2 heterocycles. The fraction of sp³-hybridized carbons (Fsp3) is 0.0588. The largest absolute Gasteiger partial charge is 0.456 e. The Kier molecular flexibility index (Phi) is 8.13. The van der Waals surface area contributed by atoms with E-state index in [9.17, 15) is 0 Å². The van der Waals surface area contributed by atoms with Crippen molar-refractivity contribution >= 4 is 80.5 Å². The summed E-state index contributed by atoms with van der Waals surface area (Å²) in [6, 6.07) is 66.4. The van der Waals surface area contributed by atoms with Crippen molar-refractivity contribution in [2.75, 3.05) is 23.7 Å². The van der Waals surface area contributed by atoms with Crippen LogP contribution in [0.1, 0.15) is 0 Å². The van der Waals surface area contributed by atoms with E-state index in [1.54, 1.807) is 0 Å². The lowest BCUT2D eigenvalue weighted by Gasteiger charge is -2.30. The van der Waals surface area contributed by atoms with Crippen LogP contribution < -0.4 is 4.90 Å². The molecule has 0 bridgehead atoms. The second-order valence-electron chi connectivity index (χ2n) is 14.9. The summed E-state index contributed by atoms with van der Waals surface area (Å²) in [6.07, 6.45) is 7.11. The van der Waals surface area contributed by atoms with E-state index >= 15 is 0 Å². The molecule has 266 valence electrons. The monoisotopic (exact) mass is 745 g/mol. The van der Waals surface area contributed by atoms with Gasteiger partial charge in [-0.15, -0.1) is 11.3 Å². The van der Waals surface area contributed by atoms with Gasteiger partial charge in [0.05, 0.1) is 5.69 Å². The summed E-state index contributed by atoms with van der Waals surface area (Å²) in [4.78, 5) is 3.83. The summed E-state index contributed by atoms with van der Waals surface area (Å²) >= 11 is 1.86. The van der Waals surface area contributed by atoms with Crippen LogP contribution in [0.2, 0.25) is 0 Å². The zero-order chi connectivity index (χ0) is 37.1. The standard InChI is InChI=1S/C51H39NOS2/c1-55(2,3)40-16-11-15-36(31-40)41-19-12-20-46(51(41)37-25-30-50-45(32-37)43-18-8-10-22-49(43)54-50)52(38-26-23-35(24-27-38)34-13-5-4-6-14-34)39-28-29-48-44(33-39)42-17-7-9-21-47(42)53-48/h4-33H,1-3H3. The Balaban J connectivity index is 1.26. The van der Waals surface area contributed by atoms with Crippen molar-refractivity contribution in [3.8, 4) is 33.4 Å². The first kappa shape index (κ1) is 33.5. The minimum atomic E-state index is -0.947. The summed E-state index contributed by atoms with van der Waals surface area (Å²) in [5, 5.41) is 4.80. The third kappa shape index (κ3) is 5.99. The van der Waals surface area contributed by atoms with Gasteiger partial charge in [0.2, 0.25) is 0 Å². The van der Waals surface area contributed by atoms with E-state index in [4.69, 9.17) is 4.42 Å². The van der Waals surface area contributed by atoms with Crippen molar-refractivity contribution < 1.29 is 4.42 Å². The Labute approximate surface area is 327 Å². The smallest absolute Gasteiger partial charge is 0.135 e. The molecule has 10 rings (SSSR count). The average Bonchev–Trinajstić information content (AvgIpc) is 3.79. The Morgan fingerprint density at radius 1 is 0.436 bits per heavy atom. The third-order valence-corrected chi connectivity index (χ3v) is 13.5. The molecule has 0 fully saturated rings. The third-order valence-electron chi connectivity index (χ3n) is 10.7. The SMILES string of the molecule is CS(C)(C)c1cccc(-c2cccc(N(c3ccc(-c4ccccc4)cc3)c3ccc4oc5ccccc5c4c3)c2-c2ccc3sc4ccccc4c3c2)c1. The maximum absolute atomic E-state index is 6.32. The highest BCUT2D eigenvalue weighted by atomic mass is 32.3. The molecule has 0 aliphatic rings. The zero-order valence-corrected chi connectivity index (χ0v) is 32.6. The van der Waals surface area contributed by atoms with Crippen molar-refractivity contribution in [1.82, 2.24) is 0 Å². The summed E-state index contributed by atoms with van der Waals surface area (Å²) in [5.41, 5.74) is 12.3. The van der Waals surface area contributed by atoms with Crippen LogP contribution in [0.5, 0.6) is 0 Å². The lowest BCUT2D eigenvalue weighted by Crippen LogP contribution is -2.11. The van der Waals surface area contributed by atoms with Gasteiger partial charge in [0.25, 0.3) is 0 Å². The zero-order valence-electron chi connectivity index (χ0n) is 31.0. The molecule has 0 saturated carbocycles. The van der Waals surface area contributed by atoms with Crippen molar-refractivity contribution in [1.29, 1.82) is 0 Å². The van der Waals surface area contributed by atoms with Gasteiger partial charge in [-0.05, 0) is 118 Å². The number of anilines is 3. The predicted octanol–water partition coefficient (Wildman–Crippen LogP) is 15.5. The molecule has 0 atom stereocenters. The van der Waals surface area contributed by atoms with Crippen molar-refractivity contribution in [3.05, 3.63) is 182 Å². The van der Waals surface area contributed by atoms with Gasteiger partial charge in [-0.3, -0.25) is 0 Å². The molecule has 4 heteroatoms. The molecule has 0 radical (unpaired) electrons. The van der Waals surface area contributed by atoms with Gasteiger partial charge in [-0.25, -0.2) is 10.0 Å². The van der Waals surface area contributed by atoms with E-state index in [1.165, 1.54) is 58.4 Å². The van der Waals surface area contributed by atoms with E-state index in [0.29, 0.717) is 0 Å². The summed E-state index contributed by atoms with van der Waals surface area (Å²) in [7, 11) is -0.947. The van der Waals surface area contributed by atoms with Crippen LogP contribution in [0.25, 0.3) is 75.5 Å². The Bertz CT molecular complexity index is 3020. The molecule has 0 amide bonds. The molecule has 8 aromatic carbocycles. The second-order valence-corrected chi connectivity index (χ2v) is 20.1. The van der Waals surface area contributed by atoms with Crippen LogP contribution in [0, 0.1) is 0 Å². The molecule has 0 aliphatic heterocycles. The highest BCUT2D eigenvalue weighted by Gasteiger charge is 2.23. The number of nitrogens with zero attached hydrogens (tertiary/aromatic N) is 1. The maximum Gasteiger partial charge on any atom is 0.135 e. The molecule has 0 saturated heterocycles. The van der Waals surface area contributed by atoms with Gasteiger partial charge in [0.15, 0.2) is 0 Å². The van der Waals surface area contributed by atoms with Gasteiger partial charge in [0.1, 0.15) is 11.2 Å². The van der Waals surface area contributed by atoms with Crippen LogP contribution in [-0.4, -0.2) is 18.8 Å². The fourth-order valence-corrected chi connectivity index (χ4v) is 9.96. The summed E-state index contributed by atoms with van der Waals surface area (Å²) < 4.78 is 8.93. The molecule has 0 aliphatic carbocycles. The van der Waals surface area contributed by atoms with Crippen molar-refractivity contribution in [2.24, 2.45) is 0 Å². The number of rotatable bonds is 7. The molecule has 2 nitrogen and oxygen atoms in total. The molecular formula is C51H39NOS2. The molecular weight excluding hydrogens is 707 g/mol. The normalized spacial score (nSPS) is 12.2. The lowest BCUT2D eigenvalue weighted by atomic mass is 9.91. The molecule has 2 aromatic heterocycles. The number of thiophene rings is 1. The average molecular weight is 746 g/mol. The first-order valence-corrected chi connectivity index (χ1v) is 22.3. The Morgan fingerprint density at radius 2 is 1.09 bits per heavy atom. The predicted molar refractivity (Wildman–Crippen MR) is 241 cm³/mol. The van der Waals surface area contributed by atoms with E-state index in [2.05, 4.69) is 194 Å². The van der Waals surface area contributed by atoms with Crippen LogP contribution in [-0.2, 0) is 0 Å². The second kappa shape index (κ2) is 13.3. The lowest BCUT2D eigenvalue weighted by molar-refractivity contribution is 0.669. The van der Waals surface area contributed by atoms with E-state index in [0.717, 1.165) is 39.0 Å².